The maximum absolute atomic E-state index is 14.5. The number of hydrogen-bond donors (Lipinski definition) is 0. The molecule has 6 aliphatic carbocycles. The Hall–Kier alpha value is -0.670. The van der Waals surface area contributed by atoms with E-state index in [0.717, 1.165) is 35.8 Å². The molecule has 1 saturated heterocycles. The number of halogens is 1. The van der Waals surface area contributed by atoms with Crippen molar-refractivity contribution in [2.24, 2.45) is 61.6 Å². The molecule has 0 unspecified atom stereocenters. The van der Waals surface area contributed by atoms with Gasteiger partial charge in [0.05, 0.1) is 12.7 Å². The molecule has 7 aliphatic rings. The number of hydrogen-bond acceptors (Lipinski definition) is 2. The second kappa shape index (κ2) is 8.13. The van der Waals surface area contributed by atoms with Crippen LogP contribution in [0.4, 0.5) is 0 Å². The summed E-state index contributed by atoms with van der Waals surface area (Å²) in [6.45, 7) is 18.9. The van der Waals surface area contributed by atoms with Gasteiger partial charge in [-0.2, -0.15) is 0 Å². The molecule has 41 heavy (non-hydrogen) atoms. The quantitative estimate of drug-likeness (QED) is 0.312. The zero-order valence-electron chi connectivity index (χ0n) is 26.7. The Bertz CT molecular complexity index is 1310. The van der Waals surface area contributed by atoms with Crippen molar-refractivity contribution in [1.82, 2.24) is 0 Å². The average Bonchev–Trinajstić information content (AvgIpc) is 3.51. The van der Waals surface area contributed by atoms with Crippen LogP contribution in [0.5, 0.6) is 0 Å². The van der Waals surface area contributed by atoms with Crippen LogP contribution >= 0.6 is 15.9 Å². The van der Waals surface area contributed by atoms with E-state index in [1.54, 1.807) is 0 Å². The standard InChI is InChI=1S/C38H53BrO2/c1-32(2)15-17-37-18-16-35(6)25(29(37)30(32)41-22-37)11-12-28-34(5)21-38(20-26(38)23-9-8-10-24(39)19-23)31(40)33(3,4)27(34)13-14-36(28,35)7/h8-10,19,25-30H,11-18,20-22H2,1-7H3/t25-,26+,27+,28+,29+,30+,34-,35+,36+,37+,38+/m0/s1. The molecule has 2 bridgehead atoms. The second-order valence-corrected chi connectivity index (χ2v) is 19.4. The zero-order chi connectivity index (χ0) is 29.0. The van der Waals surface area contributed by atoms with Crippen LogP contribution in [0, 0.1) is 61.6 Å². The SMILES string of the molecule is CC1(C)CC[C@]23CC[C@]4(C)[C@@H](CC[C@@H]5[C@@]6(C)C[C@@]7(C[C@@H]7c7cccc(Br)c7)C(=O)C(C)(C)[C@H]6CC[C@]54C)[C@@H]2[C@H]1OC3. The number of benzene rings is 1. The Morgan fingerprint density at radius 2 is 1.61 bits per heavy atom. The third-order valence-corrected chi connectivity index (χ3v) is 16.8. The molecule has 1 aliphatic heterocycles. The number of Topliss-reactive ketones (excluding diaryl/α,β-unsaturated/α-hetero) is 1. The maximum Gasteiger partial charge on any atom is 0.145 e. The van der Waals surface area contributed by atoms with E-state index in [9.17, 15) is 4.79 Å². The first kappa shape index (κ1) is 27.8. The van der Waals surface area contributed by atoms with E-state index in [4.69, 9.17) is 4.74 Å². The fourth-order valence-corrected chi connectivity index (χ4v) is 14.7. The van der Waals surface area contributed by atoms with Crippen LogP contribution in [0.1, 0.15) is 124 Å². The van der Waals surface area contributed by atoms with Gasteiger partial charge in [-0.05, 0) is 139 Å². The molecule has 1 spiro atoms. The van der Waals surface area contributed by atoms with E-state index in [2.05, 4.69) is 88.7 Å². The lowest BCUT2D eigenvalue weighted by molar-refractivity contribution is -0.244. The highest BCUT2D eigenvalue weighted by molar-refractivity contribution is 9.10. The van der Waals surface area contributed by atoms with Gasteiger partial charge in [-0.1, -0.05) is 76.5 Å². The monoisotopic (exact) mass is 620 g/mol. The molecule has 1 aromatic carbocycles. The van der Waals surface area contributed by atoms with Crippen molar-refractivity contribution in [3.63, 3.8) is 0 Å². The summed E-state index contributed by atoms with van der Waals surface area (Å²) in [6, 6.07) is 8.84. The van der Waals surface area contributed by atoms with Gasteiger partial charge in [-0.3, -0.25) is 4.79 Å². The first-order valence-electron chi connectivity index (χ1n) is 17.1. The smallest absolute Gasteiger partial charge is 0.145 e. The molecule has 7 fully saturated rings. The molecule has 6 saturated carbocycles. The topological polar surface area (TPSA) is 26.3 Å². The average molecular weight is 622 g/mol. The Kier molecular flexibility index (Phi) is 5.52. The van der Waals surface area contributed by atoms with Crippen LogP contribution in [-0.2, 0) is 9.53 Å². The predicted octanol–water partition coefficient (Wildman–Crippen LogP) is 9.99. The van der Waals surface area contributed by atoms with Crippen molar-refractivity contribution in [2.75, 3.05) is 6.61 Å². The predicted molar refractivity (Wildman–Crippen MR) is 169 cm³/mol. The number of rotatable bonds is 1. The van der Waals surface area contributed by atoms with Gasteiger partial charge < -0.3 is 4.74 Å². The summed E-state index contributed by atoms with van der Waals surface area (Å²) in [4.78, 5) is 14.5. The summed E-state index contributed by atoms with van der Waals surface area (Å²) >= 11 is 3.71. The van der Waals surface area contributed by atoms with Crippen molar-refractivity contribution in [1.29, 1.82) is 0 Å². The summed E-state index contributed by atoms with van der Waals surface area (Å²) in [5.74, 6) is 3.70. The van der Waals surface area contributed by atoms with Gasteiger partial charge in [-0.15, -0.1) is 0 Å². The van der Waals surface area contributed by atoms with Crippen molar-refractivity contribution in [3.05, 3.63) is 34.3 Å². The molecule has 0 radical (unpaired) electrons. The molecule has 2 nitrogen and oxygen atoms in total. The molecule has 0 amide bonds. The normalized spacial score (nSPS) is 54.1. The van der Waals surface area contributed by atoms with E-state index in [0.29, 0.717) is 51.3 Å². The summed E-state index contributed by atoms with van der Waals surface area (Å²) < 4.78 is 7.93. The van der Waals surface area contributed by atoms with E-state index >= 15 is 0 Å². The van der Waals surface area contributed by atoms with Crippen LogP contribution in [0.15, 0.2) is 28.7 Å². The van der Waals surface area contributed by atoms with Crippen molar-refractivity contribution < 1.29 is 9.53 Å². The summed E-state index contributed by atoms with van der Waals surface area (Å²) in [6.07, 6.45) is 13.3. The van der Waals surface area contributed by atoms with Crippen molar-refractivity contribution >= 4 is 21.7 Å². The molecule has 1 aromatic rings. The highest BCUT2D eigenvalue weighted by atomic mass is 79.9. The maximum atomic E-state index is 14.5. The Morgan fingerprint density at radius 1 is 0.854 bits per heavy atom. The first-order valence-corrected chi connectivity index (χ1v) is 17.9. The van der Waals surface area contributed by atoms with E-state index < -0.39 is 0 Å². The molecule has 8 rings (SSSR count). The van der Waals surface area contributed by atoms with Gasteiger partial charge in [0.2, 0.25) is 0 Å². The third kappa shape index (κ3) is 3.23. The zero-order valence-corrected chi connectivity index (χ0v) is 28.3. The van der Waals surface area contributed by atoms with Gasteiger partial charge in [0.15, 0.2) is 0 Å². The fraction of sp³-hybridized carbons (Fsp3) is 0.816. The lowest BCUT2D eigenvalue weighted by Crippen LogP contribution is -2.68. The van der Waals surface area contributed by atoms with Gasteiger partial charge in [0.1, 0.15) is 5.78 Å². The summed E-state index contributed by atoms with van der Waals surface area (Å²) in [5, 5.41) is 0. The largest absolute Gasteiger partial charge is 0.377 e. The molecule has 11 atom stereocenters. The van der Waals surface area contributed by atoms with Crippen LogP contribution in [0.25, 0.3) is 0 Å². The summed E-state index contributed by atoms with van der Waals surface area (Å²) in [5.41, 5.74) is 2.63. The minimum Gasteiger partial charge on any atom is -0.377 e. The van der Waals surface area contributed by atoms with E-state index in [-0.39, 0.29) is 16.2 Å². The second-order valence-electron chi connectivity index (χ2n) is 18.5. The van der Waals surface area contributed by atoms with E-state index in [1.807, 2.05) is 0 Å². The molecular weight excluding hydrogens is 568 g/mol. The number of carbonyl (C=O) groups excluding carboxylic acids is 1. The Morgan fingerprint density at radius 3 is 2.37 bits per heavy atom. The minimum absolute atomic E-state index is 0.164. The molecule has 0 aromatic heterocycles. The lowest BCUT2D eigenvalue weighted by Gasteiger charge is -2.73. The van der Waals surface area contributed by atoms with Crippen LogP contribution < -0.4 is 0 Å². The van der Waals surface area contributed by atoms with Crippen molar-refractivity contribution in [3.8, 4) is 0 Å². The number of ketones is 1. The molecule has 224 valence electrons. The fourth-order valence-electron chi connectivity index (χ4n) is 14.2. The van der Waals surface area contributed by atoms with Gasteiger partial charge in [-0.25, -0.2) is 0 Å². The van der Waals surface area contributed by atoms with Crippen molar-refractivity contribution in [2.45, 2.75) is 125 Å². The molecule has 1 heterocycles. The van der Waals surface area contributed by atoms with Crippen LogP contribution in [0.2, 0.25) is 0 Å². The van der Waals surface area contributed by atoms with E-state index in [1.165, 1.54) is 56.9 Å². The minimum atomic E-state index is -0.246. The molecule has 0 N–H and O–H groups in total. The molecule has 3 heteroatoms. The number of ether oxygens (including phenoxy) is 1. The van der Waals surface area contributed by atoms with Crippen LogP contribution in [-0.4, -0.2) is 18.5 Å². The molecular formula is C38H53BrO2. The Labute approximate surface area is 257 Å². The highest BCUT2D eigenvalue weighted by Gasteiger charge is 2.77. The van der Waals surface area contributed by atoms with Crippen LogP contribution in [0.3, 0.4) is 0 Å². The van der Waals surface area contributed by atoms with Gasteiger partial charge in [0, 0.05) is 15.3 Å². The summed E-state index contributed by atoms with van der Waals surface area (Å²) in [7, 11) is 0. The lowest BCUT2D eigenvalue weighted by atomic mass is 9.31. The van der Waals surface area contributed by atoms with Gasteiger partial charge >= 0.3 is 0 Å². The highest BCUT2D eigenvalue weighted by Crippen LogP contribution is 2.81. The van der Waals surface area contributed by atoms with Gasteiger partial charge in [0.25, 0.3) is 0 Å². The third-order valence-electron chi connectivity index (χ3n) is 16.3. The Balaban J connectivity index is 1.18. The number of fused-ring (bicyclic) bond motifs is 5. The number of carbonyl (C=O) groups is 1. The first-order chi connectivity index (χ1) is 19.1.